The second kappa shape index (κ2) is 7.44. The molecule has 1 aromatic carbocycles. The van der Waals surface area contributed by atoms with E-state index in [4.69, 9.17) is 11.6 Å². The number of hydrogen-bond acceptors (Lipinski definition) is 5. The Labute approximate surface area is 142 Å². The molecule has 2 aromatic rings. The predicted molar refractivity (Wildman–Crippen MR) is 75.3 cm³/mol. The third-order valence-corrected chi connectivity index (χ3v) is 3.06. The van der Waals surface area contributed by atoms with Crippen LogP contribution in [0, 0.1) is 0 Å². The summed E-state index contributed by atoms with van der Waals surface area (Å²) in [6.45, 7) is -1.13. The van der Waals surface area contributed by atoms with Gasteiger partial charge in [0.1, 0.15) is 6.61 Å². The van der Waals surface area contributed by atoms with E-state index in [1.807, 2.05) is 0 Å². The summed E-state index contributed by atoms with van der Waals surface area (Å²) in [6.07, 6.45) is -5.50. The molecule has 0 bridgehead atoms. The average molecular weight is 385 g/mol. The quantitative estimate of drug-likeness (QED) is 0.310. The first-order chi connectivity index (χ1) is 11.6. The fourth-order valence-electron chi connectivity index (χ4n) is 1.70. The van der Waals surface area contributed by atoms with E-state index in [1.165, 1.54) is 24.3 Å². The van der Waals surface area contributed by atoms with Crippen LogP contribution in [0.4, 0.5) is 22.0 Å². The van der Waals surface area contributed by atoms with E-state index in [2.05, 4.69) is 19.4 Å². The Morgan fingerprint density at radius 1 is 1.16 bits per heavy atom. The number of ketones is 1. The third-order valence-electron chi connectivity index (χ3n) is 2.90. The summed E-state index contributed by atoms with van der Waals surface area (Å²) in [5.74, 6) is -1.76. The van der Waals surface area contributed by atoms with E-state index in [-0.39, 0.29) is 17.0 Å². The number of aromatic nitrogens is 2. The lowest BCUT2D eigenvalue weighted by Crippen LogP contribution is -2.15. The van der Waals surface area contributed by atoms with Gasteiger partial charge in [-0.15, -0.1) is 0 Å². The molecule has 0 saturated heterocycles. The predicted octanol–water partition coefficient (Wildman–Crippen LogP) is 4.18. The summed E-state index contributed by atoms with van der Waals surface area (Å²) in [5.41, 5.74) is 0.451. The number of carbonyl (C=O) groups excluding carboxylic acids is 1. The third kappa shape index (κ3) is 5.75. The second-order valence-electron chi connectivity index (χ2n) is 4.84. The lowest BCUT2D eigenvalue weighted by atomic mass is 10.1. The van der Waals surface area contributed by atoms with Crippen molar-refractivity contribution in [2.24, 2.45) is 0 Å². The van der Waals surface area contributed by atoms with Gasteiger partial charge in [0.15, 0.2) is 5.78 Å². The summed E-state index contributed by atoms with van der Waals surface area (Å²) >= 11 is 4.76. The minimum atomic E-state index is -4.35. The molecular formula is C14H10ClF5N2O3. The van der Waals surface area contributed by atoms with Gasteiger partial charge in [0, 0.05) is 11.1 Å². The SMILES string of the molecule is O=C(COCCC(F)(F)F)c1ccc(-c2noc(C(F)(F)Cl)n2)cc1. The Kier molecular flexibility index (Phi) is 5.73. The summed E-state index contributed by atoms with van der Waals surface area (Å²) < 4.78 is 70.5. The molecule has 0 N–H and O–H groups in total. The molecule has 2 rings (SSSR count). The number of halogens is 6. The van der Waals surface area contributed by atoms with Crippen LogP contribution >= 0.6 is 11.6 Å². The first kappa shape index (κ1) is 19.3. The highest BCUT2D eigenvalue weighted by Crippen LogP contribution is 2.32. The first-order valence-corrected chi connectivity index (χ1v) is 7.13. The van der Waals surface area contributed by atoms with Crippen molar-refractivity contribution in [2.45, 2.75) is 18.0 Å². The number of rotatable bonds is 7. The van der Waals surface area contributed by atoms with Crippen LogP contribution in [-0.2, 0) is 10.1 Å². The van der Waals surface area contributed by atoms with Crippen molar-refractivity contribution in [1.82, 2.24) is 10.1 Å². The lowest BCUT2D eigenvalue weighted by molar-refractivity contribution is -0.144. The van der Waals surface area contributed by atoms with Crippen LogP contribution in [0.5, 0.6) is 0 Å². The van der Waals surface area contributed by atoms with Crippen molar-refractivity contribution in [2.75, 3.05) is 13.2 Å². The van der Waals surface area contributed by atoms with Crippen LogP contribution in [0.1, 0.15) is 22.7 Å². The zero-order valence-corrected chi connectivity index (χ0v) is 13.1. The minimum Gasteiger partial charge on any atom is -0.373 e. The molecule has 0 aliphatic heterocycles. The monoisotopic (exact) mass is 384 g/mol. The smallest absolute Gasteiger partial charge is 0.373 e. The van der Waals surface area contributed by atoms with Crippen LogP contribution < -0.4 is 0 Å². The molecule has 5 nitrogen and oxygen atoms in total. The summed E-state index contributed by atoms with van der Waals surface area (Å²) in [5, 5.41) is -0.452. The molecule has 0 aliphatic rings. The summed E-state index contributed by atoms with van der Waals surface area (Å²) in [6, 6.07) is 5.40. The Hall–Kier alpha value is -2.07. The second-order valence-corrected chi connectivity index (χ2v) is 5.31. The molecule has 0 aliphatic carbocycles. The molecule has 0 saturated carbocycles. The van der Waals surface area contributed by atoms with E-state index in [1.54, 1.807) is 0 Å². The Balaban J connectivity index is 1.95. The van der Waals surface area contributed by atoms with Gasteiger partial charge >= 0.3 is 17.4 Å². The van der Waals surface area contributed by atoms with Crippen molar-refractivity contribution in [3.05, 3.63) is 35.7 Å². The number of nitrogens with zero attached hydrogens (tertiary/aromatic N) is 2. The molecule has 0 atom stereocenters. The Morgan fingerprint density at radius 3 is 2.32 bits per heavy atom. The maximum absolute atomic E-state index is 12.8. The number of hydrogen-bond donors (Lipinski definition) is 0. The topological polar surface area (TPSA) is 65.2 Å². The van der Waals surface area contributed by atoms with Gasteiger partial charge in [-0.2, -0.15) is 26.9 Å². The maximum Gasteiger partial charge on any atom is 0.400 e. The van der Waals surface area contributed by atoms with Gasteiger partial charge < -0.3 is 9.26 Å². The molecule has 11 heteroatoms. The van der Waals surface area contributed by atoms with E-state index in [0.717, 1.165) is 0 Å². The highest BCUT2D eigenvalue weighted by molar-refractivity contribution is 6.21. The largest absolute Gasteiger partial charge is 0.400 e. The van der Waals surface area contributed by atoms with Crippen LogP contribution in [-0.4, -0.2) is 35.3 Å². The molecule has 0 unspecified atom stereocenters. The molecular weight excluding hydrogens is 375 g/mol. The molecule has 1 heterocycles. The van der Waals surface area contributed by atoms with Crippen LogP contribution in [0.25, 0.3) is 11.4 Å². The van der Waals surface area contributed by atoms with Crippen LogP contribution in [0.15, 0.2) is 28.8 Å². The summed E-state index contributed by atoms with van der Waals surface area (Å²) in [7, 11) is 0. The molecule has 136 valence electrons. The fraction of sp³-hybridized carbons (Fsp3) is 0.357. The van der Waals surface area contributed by atoms with Gasteiger partial charge in [0.25, 0.3) is 0 Å². The highest BCUT2D eigenvalue weighted by Gasteiger charge is 2.35. The molecule has 0 amide bonds. The van der Waals surface area contributed by atoms with Gasteiger partial charge in [-0.3, -0.25) is 4.79 Å². The summed E-state index contributed by atoms with van der Waals surface area (Å²) in [4.78, 5) is 15.2. The van der Waals surface area contributed by atoms with E-state index < -0.39 is 42.9 Å². The highest BCUT2D eigenvalue weighted by atomic mass is 35.5. The number of carbonyl (C=O) groups is 1. The van der Waals surface area contributed by atoms with Gasteiger partial charge in [0.2, 0.25) is 5.82 Å². The normalized spacial score (nSPS) is 12.4. The van der Waals surface area contributed by atoms with Crippen molar-refractivity contribution in [3.63, 3.8) is 0 Å². The van der Waals surface area contributed by atoms with E-state index in [0.29, 0.717) is 0 Å². The van der Waals surface area contributed by atoms with Crippen molar-refractivity contribution in [1.29, 1.82) is 0 Å². The molecule has 25 heavy (non-hydrogen) atoms. The van der Waals surface area contributed by atoms with Crippen LogP contribution in [0.3, 0.4) is 0 Å². The number of alkyl halides is 6. The van der Waals surface area contributed by atoms with Gasteiger partial charge in [-0.25, -0.2) is 0 Å². The van der Waals surface area contributed by atoms with E-state index >= 15 is 0 Å². The first-order valence-electron chi connectivity index (χ1n) is 6.75. The van der Waals surface area contributed by atoms with Crippen molar-refractivity contribution >= 4 is 17.4 Å². The van der Waals surface area contributed by atoms with Crippen molar-refractivity contribution < 1.29 is 36.0 Å². The maximum atomic E-state index is 12.8. The molecule has 1 aromatic heterocycles. The molecule has 0 spiro atoms. The minimum absolute atomic E-state index is 0.157. The van der Waals surface area contributed by atoms with Gasteiger partial charge in [-0.1, -0.05) is 29.4 Å². The van der Waals surface area contributed by atoms with Crippen molar-refractivity contribution in [3.8, 4) is 11.4 Å². The number of benzene rings is 1. The fourth-order valence-corrected chi connectivity index (χ4v) is 1.77. The molecule has 0 radical (unpaired) electrons. The van der Waals surface area contributed by atoms with Gasteiger partial charge in [-0.05, 0) is 11.6 Å². The average Bonchev–Trinajstić information content (AvgIpc) is 3.01. The van der Waals surface area contributed by atoms with Crippen LogP contribution in [0.2, 0.25) is 0 Å². The number of Topliss-reactive ketones (excluding diaryl/α,β-unsaturated/α-hetero) is 1. The Bertz CT molecular complexity index is 725. The van der Waals surface area contributed by atoms with Gasteiger partial charge in [0.05, 0.1) is 13.0 Å². The number of ether oxygens (including phenoxy) is 1. The lowest BCUT2D eigenvalue weighted by Gasteiger charge is -2.07. The Morgan fingerprint density at radius 2 is 1.80 bits per heavy atom. The van der Waals surface area contributed by atoms with E-state index in [9.17, 15) is 26.7 Å². The molecule has 0 fully saturated rings. The standard InChI is InChI=1S/C14H10ClF5N2O3/c15-14(19,20)12-21-11(22-25-12)9-3-1-8(2-4-9)10(23)7-24-6-5-13(16,17)18/h1-4H,5-7H2. The zero-order chi connectivity index (χ0) is 18.7. The zero-order valence-electron chi connectivity index (χ0n) is 12.3.